The van der Waals surface area contributed by atoms with Crippen LogP contribution in [-0.2, 0) is 11.4 Å². The van der Waals surface area contributed by atoms with Gasteiger partial charge in [0.05, 0.1) is 4.92 Å². The van der Waals surface area contributed by atoms with Gasteiger partial charge in [-0.25, -0.2) is 0 Å². The van der Waals surface area contributed by atoms with Crippen molar-refractivity contribution in [3.63, 3.8) is 0 Å². The Morgan fingerprint density at radius 2 is 1.93 bits per heavy atom. The largest absolute Gasteiger partial charge is 0.486 e. The number of rotatable bonds is 9. The highest BCUT2D eigenvalue weighted by atomic mass is 32.2. The molecule has 1 heterocycles. The first-order valence-electron chi connectivity index (χ1n) is 9.29. The molecule has 1 atom stereocenters. The van der Waals surface area contributed by atoms with Crippen LogP contribution in [0.2, 0.25) is 0 Å². The summed E-state index contributed by atoms with van der Waals surface area (Å²) in [6.45, 7) is 3.75. The third kappa shape index (κ3) is 5.01. The number of benzene rings is 2. The molecule has 0 bridgehead atoms. The van der Waals surface area contributed by atoms with E-state index in [2.05, 4.69) is 0 Å². The fourth-order valence-corrected chi connectivity index (χ4v) is 3.74. The number of hydrogen-bond donors (Lipinski definition) is 1. The summed E-state index contributed by atoms with van der Waals surface area (Å²) in [6.07, 6.45) is 0.496. The van der Waals surface area contributed by atoms with Crippen molar-refractivity contribution in [1.82, 2.24) is 0 Å². The number of non-ortho nitro benzene ring substituents is 1. The van der Waals surface area contributed by atoms with Gasteiger partial charge < -0.3 is 14.3 Å². The number of furan rings is 1. The maximum atomic E-state index is 11.5. The Hall–Kier alpha value is -3.26. The average Bonchev–Trinajstić information content (AvgIpc) is 3.21. The standard InChI is InChI=1S/C22H21NO6S/c1-3-22(2,21(24)25)30-19-6-4-5-17(13-19)28-14-18-11-12-20(29-18)15-7-9-16(10-8-15)23(26)27/h4-13H,3,14H2,1-2H3,(H,24,25). The fraction of sp³-hybridized carbons (Fsp3) is 0.227. The van der Waals surface area contributed by atoms with Gasteiger partial charge in [0.25, 0.3) is 5.69 Å². The van der Waals surface area contributed by atoms with Crippen LogP contribution in [0.4, 0.5) is 5.69 Å². The lowest BCUT2D eigenvalue weighted by atomic mass is 10.1. The molecule has 0 amide bonds. The molecule has 0 saturated carbocycles. The van der Waals surface area contributed by atoms with Crippen LogP contribution in [0, 0.1) is 10.1 Å². The molecule has 1 N–H and O–H groups in total. The van der Waals surface area contributed by atoms with Crippen LogP contribution >= 0.6 is 11.8 Å². The number of nitro benzene ring substituents is 1. The Kier molecular flexibility index (Phi) is 6.47. The van der Waals surface area contributed by atoms with E-state index in [4.69, 9.17) is 9.15 Å². The van der Waals surface area contributed by atoms with E-state index in [1.807, 2.05) is 25.1 Å². The molecule has 3 aromatic rings. The number of hydrogen-bond acceptors (Lipinski definition) is 6. The predicted molar refractivity (Wildman–Crippen MR) is 114 cm³/mol. The summed E-state index contributed by atoms with van der Waals surface area (Å²) in [6, 6.07) is 17.0. The van der Waals surface area contributed by atoms with Crippen LogP contribution in [0.3, 0.4) is 0 Å². The third-order valence-corrected chi connectivity index (χ3v) is 6.08. The first-order chi connectivity index (χ1) is 14.3. The minimum absolute atomic E-state index is 0.0219. The Morgan fingerprint density at radius 1 is 1.20 bits per heavy atom. The van der Waals surface area contributed by atoms with Crippen molar-refractivity contribution in [1.29, 1.82) is 0 Å². The first kappa shape index (κ1) is 21.4. The highest BCUT2D eigenvalue weighted by molar-refractivity contribution is 8.01. The van der Waals surface area contributed by atoms with E-state index in [9.17, 15) is 20.0 Å². The van der Waals surface area contributed by atoms with Crippen molar-refractivity contribution < 1.29 is 24.0 Å². The average molecular weight is 427 g/mol. The second-order valence-corrected chi connectivity index (χ2v) is 8.40. The summed E-state index contributed by atoms with van der Waals surface area (Å²) < 4.78 is 10.7. The molecule has 30 heavy (non-hydrogen) atoms. The zero-order chi connectivity index (χ0) is 21.7. The quantitative estimate of drug-likeness (QED) is 0.262. The van der Waals surface area contributed by atoms with E-state index in [1.165, 1.54) is 23.9 Å². The summed E-state index contributed by atoms with van der Waals surface area (Å²) in [5.74, 6) is 0.950. The summed E-state index contributed by atoms with van der Waals surface area (Å²) >= 11 is 1.29. The van der Waals surface area contributed by atoms with Gasteiger partial charge in [-0.05, 0) is 55.8 Å². The second kappa shape index (κ2) is 9.04. The molecule has 0 aliphatic heterocycles. The molecule has 0 radical (unpaired) electrons. The molecule has 1 unspecified atom stereocenters. The number of thioether (sulfide) groups is 1. The van der Waals surface area contributed by atoms with Crippen molar-refractivity contribution in [2.24, 2.45) is 0 Å². The van der Waals surface area contributed by atoms with Gasteiger partial charge >= 0.3 is 5.97 Å². The zero-order valence-electron chi connectivity index (χ0n) is 16.5. The normalized spacial score (nSPS) is 12.9. The summed E-state index contributed by atoms with van der Waals surface area (Å²) in [5.41, 5.74) is 0.756. The maximum Gasteiger partial charge on any atom is 0.319 e. The maximum absolute atomic E-state index is 11.5. The van der Waals surface area contributed by atoms with Crippen LogP contribution in [-0.4, -0.2) is 20.7 Å². The number of carboxylic acids is 1. The van der Waals surface area contributed by atoms with Crippen molar-refractivity contribution >= 4 is 23.4 Å². The van der Waals surface area contributed by atoms with Gasteiger partial charge in [0.15, 0.2) is 0 Å². The lowest BCUT2D eigenvalue weighted by Gasteiger charge is -2.22. The molecule has 0 aliphatic rings. The Labute approximate surface area is 177 Å². The van der Waals surface area contributed by atoms with E-state index in [0.717, 1.165) is 10.5 Å². The molecule has 3 rings (SSSR count). The van der Waals surface area contributed by atoms with Crippen LogP contribution in [0.1, 0.15) is 26.0 Å². The topological polar surface area (TPSA) is 103 Å². The third-order valence-electron chi connectivity index (χ3n) is 4.68. The molecular formula is C22H21NO6S. The van der Waals surface area contributed by atoms with Gasteiger partial charge in [-0.3, -0.25) is 14.9 Å². The lowest BCUT2D eigenvalue weighted by molar-refractivity contribution is -0.384. The minimum Gasteiger partial charge on any atom is -0.486 e. The van der Waals surface area contributed by atoms with Gasteiger partial charge in [0.1, 0.15) is 28.6 Å². The highest BCUT2D eigenvalue weighted by Crippen LogP contribution is 2.37. The van der Waals surface area contributed by atoms with Crippen LogP contribution < -0.4 is 4.74 Å². The second-order valence-electron chi connectivity index (χ2n) is 6.83. The number of carbonyl (C=O) groups is 1. The molecule has 0 fully saturated rings. The van der Waals surface area contributed by atoms with Crippen LogP contribution in [0.5, 0.6) is 5.75 Å². The van der Waals surface area contributed by atoms with E-state index in [1.54, 1.807) is 37.3 Å². The molecular weight excluding hydrogens is 406 g/mol. The number of ether oxygens (including phenoxy) is 1. The smallest absolute Gasteiger partial charge is 0.319 e. The number of carboxylic acid groups (broad SMARTS) is 1. The van der Waals surface area contributed by atoms with Gasteiger partial charge in [0.2, 0.25) is 0 Å². The van der Waals surface area contributed by atoms with E-state index >= 15 is 0 Å². The predicted octanol–water partition coefficient (Wildman–Crippen LogP) is 5.78. The van der Waals surface area contributed by atoms with Gasteiger partial charge in [-0.15, -0.1) is 11.8 Å². The van der Waals surface area contributed by atoms with Gasteiger partial charge in [-0.2, -0.15) is 0 Å². The molecule has 1 aromatic heterocycles. The lowest BCUT2D eigenvalue weighted by Crippen LogP contribution is -2.30. The molecule has 0 aliphatic carbocycles. The zero-order valence-corrected chi connectivity index (χ0v) is 17.3. The Balaban J connectivity index is 1.65. The molecule has 2 aromatic carbocycles. The van der Waals surface area contributed by atoms with E-state index in [0.29, 0.717) is 23.7 Å². The van der Waals surface area contributed by atoms with E-state index < -0.39 is 15.6 Å². The van der Waals surface area contributed by atoms with Crippen LogP contribution in [0.25, 0.3) is 11.3 Å². The summed E-state index contributed by atoms with van der Waals surface area (Å²) in [7, 11) is 0. The van der Waals surface area contributed by atoms with Gasteiger partial charge in [0, 0.05) is 22.6 Å². The Morgan fingerprint density at radius 3 is 2.57 bits per heavy atom. The molecule has 0 spiro atoms. The number of aliphatic carboxylic acids is 1. The van der Waals surface area contributed by atoms with Crippen molar-refractivity contribution in [3.05, 3.63) is 76.5 Å². The highest BCUT2D eigenvalue weighted by Gasteiger charge is 2.32. The van der Waals surface area contributed by atoms with Crippen molar-refractivity contribution in [2.75, 3.05) is 0 Å². The monoisotopic (exact) mass is 427 g/mol. The number of nitro groups is 1. The van der Waals surface area contributed by atoms with Gasteiger partial charge in [-0.1, -0.05) is 13.0 Å². The van der Waals surface area contributed by atoms with Crippen LogP contribution in [0.15, 0.2) is 70.0 Å². The van der Waals surface area contributed by atoms with Crippen molar-refractivity contribution in [2.45, 2.75) is 36.5 Å². The molecule has 0 saturated heterocycles. The number of nitrogens with zero attached hydrogens (tertiary/aromatic N) is 1. The molecule has 8 heteroatoms. The fourth-order valence-electron chi connectivity index (χ4n) is 2.67. The summed E-state index contributed by atoms with van der Waals surface area (Å²) in [5, 5.41) is 20.2. The van der Waals surface area contributed by atoms with E-state index in [-0.39, 0.29) is 12.3 Å². The minimum atomic E-state index is -0.903. The SMILES string of the molecule is CCC(C)(Sc1cccc(OCc2ccc(-c3ccc([N+](=O)[O-])cc3)o2)c1)C(=O)O. The molecule has 156 valence electrons. The first-order valence-corrected chi connectivity index (χ1v) is 10.1. The summed E-state index contributed by atoms with van der Waals surface area (Å²) in [4.78, 5) is 22.6. The van der Waals surface area contributed by atoms with Crippen molar-refractivity contribution in [3.8, 4) is 17.1 Å². The Bertz CT molecular complexity index is 1050. The molecule has 7 nitrogen and oxygen atoms in total.